The lowest BCUT2D eigenvalue weighted by Gasteiger charge is -2.03. The van der Waals surface area contributed by atoms with Gasteiger partial charge in [-0.3, -0.25) is 4.98 Å². The maximum atomic E-state index is 5.22. The van der Waals surface area contributed by atoms with Crippen LogP contribution in [0.15, 0.2) is 60.1 Å². The van der Waals surface area contributed by atoms with Gasteiger partial charge in [0.15, 0.2) is 5.82 Å². The molecule has 0 unspecified atom stereocenters. The zero-order valence-electron chi connectivity index (χ0n) is 14.3. The van der Waals surface area contributed by atoms with Gasteiger partial charge in [0.2, 0.25) is 10.9 Å². The Balaban J connectivity index is 1.48. The second kappa shape index (κ2) is 6.33. The highest BCUT2D eigenvalue weighted by Gasteiger charge is 2.12. The van der Waals surface area contributed by atoms with Crippen molar-refractivity contribution in [2.24, 2.45) is 0 Å². The maximum absolute atomic E-state index is 5.22. The number of nitrogens with zero attached hydrogens (tertiary/aromatic N) is 5. The second-order valence-corrected chi connectivity index (χ2v) is 6.68. The van der Waals surface area contributed by atoms with E-state index in [9.17, 15) is 0 Å². The molecule has 7 nitrogen and oxygen atoms in total. The van der Waals surface area contributed by atoms with Crippen LogP contribution in [0.1, 0.15) is 0 Å². The van der Waals surface area contributed by atoms with Crippen LogP contribution >= 0.6 is 11.3 Å². The molecule has 0 radical (unpaired) electrons. The molecule has 0 saturated heterocycles. The molecule has 1 N–H and O–H groups in total. The number of methoxy groups -OCH3 is 1. The molecule has 8 heteroatoms. The van der Waals surface area contributed by atoms with Crippen LogP contribution in [0.25, 0.3) is 27.3 Å². The average molecular weight is 374 g/mol. The van der Waals surface area contributed by atoms with E-state index in [1.54, 1.807) is 13.3 Å². The van der Waals surface area contributed by atoms with Gasteiger partial charge in [0, 0.05) is 10.9 Å². The van der Waals surface area contributed by atoms with Gasteiger partial charge in [-0.1, -0.05) is 12.1 Å². The van der Waals surface area contributed by atoms with Gasteiger partial charge in [-0.2, -0.15) is 4.98 Å². The summed E-state index contributed by atoms with van der Waals surface area (Å²) in [6.45, 7) is 0. The van der Waals surface area contributed by atoms with E-state index in [0.717, 1.165) is 33.0 Å². The van der Waals surface area contributed by atoms with Crippen molar-refractivity contribution < 1.29 is 4.74 Å². The van der Waals surface area contributed by atoms with Crippen LogP contribution < -0.4 is 10.1 Å². The molecule has 3 heterocycles. The van der Waals surface area contributed by atoms with Crippen molar-refractivity contribution in [2.45, 2.75) is 0 Å². The summed E-state index contributed by atoms with van der Waals surface area (Å²) in [7, 11) is 1.66. The Labute approximate surface area is 158 Å². The van der Waals surface area contributed by atoms with Gasteiger partial charge in [-0.05, 0) is 36.4 Å². The van der Waals surface area contributed by atoms with Crippen LogP contribution in [0.4, 0.5) is 11.8 Å². The number of rotatable bonds is 4. The smallest absolute Gasteiger partial charge is 0.249 e. The molecule has 2 aromatic carbocycles. The number of nitrogens with one attached hydrogen (secondary N) is 1. The van der Waals surface area contributed by atoms with Crippen LogP contribution in [0.3, 0.4) is 0 Å². The Hall–Kier alpha value is -3.52. The fourth-order valence-electron chi connectivity index (χ4n) is 2.83. The fraction of sp³-hybridized carbons (Fsp3) is 0.0526. The van der Waals surface area contributed by atoms with E-state index in [1.165, 1.54) is 11.3 Å². The highest BCUT2D eigenvalue weighted by Crippen LogP contribution is 2.28. The van der Waals surface area contributed by atoms with Crippen LogP contribution in [0.2, 0.25) is 0 Å². The minimum Gasteiger partial charge on any atom is -0.497 e. The molecule has 0 spiro atoms. The SMILES string of the molecule is COc1ccc(-c2csc3nc(Nc4cnc5ccccc5n4)nn23)cc1. The van der Waals surface area contributed by atoms with E-state index in [1.807, 2.05) is 58.4 Å². The average Bonchev–Trinajstić information content (AvgIpc) is 3.28. The summed E-state index contributed by atoms with van der Waals surface area (Å²) in [5.74, 6) is 1.92. The molecule has 132 valence electrons. The predicted octanol–water partition coefficient (Wildman–Crippen LogP) is 4.15. The van der Waals surface area contributed by atoms with Gasteiger partial charge in [0.05, 0.1) is 30.0 Å². The molecule has 0 aliphatic rings. The van der Waals surface area contributed by atoms with Crippen LogP contribution in [-0.4, -0.2) is 31.7 Å². The number of aromatic nitrogens is 5. The van der Waals surface area contributed by atoms with E-state index in [-0.39, 0.29) is 0 Å². The second-order valence-electron chi connectivity index (χ2n) is 5.85. The molecular formula is C19H14N6OS. The Morgan fingerprint density at radius 3 is 2.63 bits per heavy atom. The first-order valence-electron chi connectivity index (χ1n) is 8.28. The number of hydrogen-bond donors (Lipinski definition) is 1. The van der Waals surface area contributed by atoms with Gasteiger partial charge in [-0.25, -0.2) is 9.50 Å². The molecule has 27 heavy (non-hydrogen) atoms. The van der Waals surface area contributed by atoms with E-state index in [0.29, 0.717) is 11.8 Å². The zero-order chi connectivity index (χ0) is 18.2. The molecular weight excluding hydrogens is 360 g/mol. The highest BCUT2D eigenvalue weighted by molar-refractivity contribution is 7.15. The zero-order valence-corrected chi connectivity index (χ0v) is 15.1. The summed E-state index contributed by atoms with van der Waals surface area (Å²) in [6.07, 6.45) is 1.68. The van der Waals surface area contributed by atoms with Crippen molar-refractivity contribution in [1.29, 1.82) is 0 Å². The van der Waals surface area contributed by atoms with Gasteiger partial charge < -0.3 is 10.1 Å². The van der Waals surface area contributed by atoms with Gasteiger partial charge in [0.25, 0.3) is 0 Å². The maximum Gasteiger partial charge on any atom is 0.249 e. The molecule has 0 fully saturated rings. The molecule has 5 aromatic rings. The van der Waals surface area contributed by atoms with Gasteiger partial charge in [0.1, 0.15) is 5.75 Å². The summed E-state index contributed by atoms with van der Waals surface area (Å²) in [5, 5.41) is 9.75. The first-order valence-corrected chi connectivity index (χ1v) is 9.15. The van der Waals surface area contributed by atoms with Crippen molar-refractivity contribution in [1.82, 2.24) is 24.6 Å². The van der Waals surface area contributed by atoms with Crippen molar-refractivity contribution >= 4 is 39.1 Å². The number of anilines is 2. The minimum absolute atomic E-state index is 0.487. The Morgan fingerprint density at radius 2 is 1.81 bits per heavy atom. The topological polar surface area (TPSA) is 77.2 Å². The number of fused-ring (bicyclic) bond motifs is 2. The first-order chi connectivity index (χ1) is 13.3. The van der Waals surface area contributed by atoms with E-state index < -0.39 is 0 Å². The molecule has 0 amide bonds. The molecule has 0 atom stereocenters. The van der Waals surface area contributed by atoms with E-state index in [2.05, 4.69) is 25.4 Å². The predicted molar refractivity (Wildman–Crippen MR) is 106 cm³/mol. The lowest BCUT2D eigenvalue weighted by atomic mass is 10.2. The number of benzene rings is 2. The van der Waals surface area contributed by atoms with Crippen molar-refractivity contribution in [3.8, 4) is 17.0 Å². The molecule has 0 aliphatic heterocycles. The number of ether oxygens (including phenoxy) is 1. The van der Waals surface area contributed by atoms with Crippen molar-refractivity contribution in [2.75, 3.05) is 12.4 Å². The number of para-hydroxylation sites is 2. The standard InChI is InChI=1S/C19H14N6OS/c1-26-13-8-6-12(7-9-13)16-11-27-19-23-18(24-25(16)19)22-17-10-20-14-4-2-3-5-15(14)21-17/h2-11H,1H3,(H,21,22,24). The Bertz CT molecular complexity index is 1240. The fourth-order valence-corrected chi connectivity index (χ4v) is 3.66. The van der Waals surface area contributed by atoms with Gasteiger partial charge >= 0.3 is 0 Å². The molecule has 0 aliphatic carbocycles. The summed E-state index contributed by atoms with van der Waals surface area (Å²) >= 11 is 1.53. The molecule has 0 bridgehead atoms. The third kappa shape index (κ3) is 2.85. The van der Waals surface area contributed by atoms with Crippen molar-refractivity contribution in [3.05, 3.63) is 60.1 Å². The summed E-state index contributed by atoms with van der Waals surface area (Å²) in [5.41, 5.74) is 3.69. The Morgan fingerprint density at radius 1 is 1.00 bits per heavy atom. The van der Waals surface area contributed by atoms with Crippen molar-refractivity contribution in [3.63, 3.8) is 0 Å². The number of hydrogen-bond acceptors (Lipinski definition) is 7. The third-order valence-electron chi connectivity index (χ3n) is 4.16. The van der Waals surface area contributed by atoms with Crippen LogP contribution in [0, 0.1) is 0 Å². The quantitative estimate of drug-likeness (QED) is 0.509. The van der Waals surface area contributed by atoms with Gasteiger partial charge in [-0.15, -0.1) is 16.4 Å². The molecule has 5 rings (SSSR count). The van der Waals surface area contributed by atoms with Crippen LogP contribution in [-0.2, 0) is 0 Å². The Kier molecular flexibility index (Phi) is 3.68. The monoisotopic (exact) mass is 374 g/mol. The number of thiazole rings is 1. The summed E-state index contributed by atoms with van der Waals surface area (Å²) in [4.78, 5) is 14.3. The highest BCUT2D eigenvalue weighted by atomic mass is 32.1. The first kappa shape index (κ1) is 15.7. The molecule has 0 saturated carbocycles. The minimum atomic E-state index is 0.487. The molecule has 3 aromatic heterocycles. The lowest BCUT2D eigenvalue weighted by Crippen LogP contribution is -1.98. The largest absolute Gasteiger partial charge is 0.497 e. The van der Waals surface area contributed by atoms with E-state index in [4.69, 9.17) is 4.74 Å². The lowest BCUT2D eigenvalue weighted by molar-refractivity contribution is 0.415. The third-order valence-corrected chi connectivity index (χ3v) is 4.97. The normalized spacial score (nSPS) is 11.1. The summed E-state index contributed by atoms with van der Waals surface area (Å²) < 4.78 is 7.04. The summed E-state index contributed by atoms with van der Waals surface area (Å²) in [6, 6.07) is 15.6. The van der Waals surface area contributed by atoms with Crippen LogP contribution in [0.5, 0.6) is 5.75 Å². The van der Waals surface area contributed by atoms with E-state index >= 15 is 0 Å².